The SMILES string of the molecule is COc1ccc(CN2CC(O)CC2c2cc(F)ccc2F)cc1OC. The quantitative estimate of drug-likeness (QED) is 0.899. The van der Waals surface area contributed by atoms with Crippen LogP contribution < -0.4 is 9.47 Å². The normalized spacial score (nSPS) is 20.7. The molecule has 1 heterocycles. The van der Waals surface area contributed by atoms with E-state index in [0.29, 0.717) is 31.0 Å². The maximum Gasteiger partial charge on any atom is 0.161 e. The molecule has 1 saturated heterocycles. The van der Waals surface area contributed by atoms with Gasteiger partial charge in [0, 0.05) is 24.7 Å². The summed E-state index contributed by atoms with van der Waals surface area (Å²) in [7, 11) is 3.13. The summed E-state index contributed by atoms with van der Waals surface area (Å²) < 4.78 is 38.3. The minimum atomic E-state index is -0.576. The van der Waals surface area contributed by atoms with Gasteiger partial charge in [-0.3, -0.25) is 4.90 Å². The van der Waals surface area contributed by atoms with Gasteiger partial charge >= 0.3 is 0 Å². The summed E-state index contributed by atoms with van der Waals surface area (Å²) in [4.78, 5) is 1.95. The predicted octanol–water partition coefficient (Wildman–Crippen LogP) is 3.29. The third-order valence-electron chi connectivity index (χ3n) is 4.53. The predicted molar refractivity (Wildman–Crippen MR) is 89.7 cm³/mol. The number of aliphatic hydroxyl groups is 1. The zero-order valence-corrected chi connectivity index (χ0v) is 14.2. The van der Waals surface area contributed by atoms with Gasteiger partial charge in [0.25, 0.3) is 0 Å². The zero-order chi connectivity index (χ0) is 18.0. The number of likely N-dealkylation sites (tertiary alicyclic amines) is 1. The second kappa shape index (κ2) is 7.37. The molecule has 3 rings (SSSR count). The number of ether oxygens (including phenoxy) is 2. The number of nitrogens with zero attached hydrogens (tertiary/aromatic N) is 1. The van der Waals surface area contributed by atoms with Crippen LogP contribution >= 0.6 is 0 Å². The van der Waals surface area contributed by atoms with Crippen LogP contribution in [0.5, 0.6) is 11.5 Å². The lowest BCUT2D eigenvalue weighted by molar-refractivity contribution is 0.172. The lowest BCUT2D eigenvalue weighted by Crippen LogP contribution is -2.25. The molecule has 0 saturated carbocycles. The molecule has 4 nitrogen and oxygen atoms in total. The zero-order valence-electron chi connectivity index (χ0n) is 14.2. The van der Waals surface area contributed by atoms with E-state index in [9.17, 15) is 13.9 Å². The standard InChI is InChI=1S/C19H21F2NO3/c1-24-18-6-3-12(7-19(18)25-2)10-22-11-14(23)9-17(22)15-8-13(20)4-5-16(15)21/h3-8,14,17,23H,9-11H2,1-2H3. The first-order valence-electron chi connectivity index (χ1n) is 8.09. The van der Waals surface area contributed by atoms with E-state index in [2.05, 4.69) is 0 Å². The molecule has 0 spiro atoms. The van der Waals surface area contributed by atoms with Gasteiger partial charge in [-0.05, 0) is 42.3 Å². The van der Waals surface area contributed by atoms with E-state index in [-0.39, 0.29) is 11.6 Å². The van der Waals surface area contributed by atoms with Crippen molar-refractivity contribution in [3.05, 3.63) is 59.2 Å². The summed E-state index contributed by atoms with van der Waals surface area (Å²) in [5.41, 5.74) is 1.21. The molecule has 0 bridgehead atoms. The highest BCUT2D eigenvalue weighted by molar-refractivity contribution is 5.43. The number of methoxy groups -OCH3 is 2. The Hall–Kier alpha value is -2.18. The molecule has 6 heteroatoms. The van der Waals surface area contributed by atoms with E-state index < -0.39 is 17.7 Å². The Morgan fingerprint density at radius 2 is 1.84 bits per heavy atom. The Balaban J connectivity index is 1.86. The molecule has 2 unspecified atom stereocenters. The first-order chi connectivity index (χ1) is 12.0. The summed E-state index contributed by atoms with van der Waals surface area (Å²) in [6.45, 7) is 0.882. The van der Waals surface area contributed by atoms with Crippen molar-refractivity contribution in [3.8, 4) is 11.5 Å². The van der Waals surface area contributed by atoms with E-state index in [4.69, 9.17) is 9.47 Å². The van der Waals surface area contributed by atoms with Gasteiger partial charge in [-0.2, -0.15) is 0 Å². The number of rotatable bonds is 5. The van der Waals surface area contributed by atoms with Crippen molar-refractivity contribution < 1.29 is 23.4 Å². The van der Waals surface area contributed by atoms with Crippen LogP contribution in [-0.4, -0.2) is 36.9 Å². The van der Waals surface area contributed by atoms with Crippen molar-refractivity contribution in [2.45, 2.75) is 25.1 Å². The molecular weight excluding hydrogens is 328 g/mol. The molecule has 1 N–H and O–H groups in total. The van der Waals surface area contributed by atoms with Crippen molar-refractivity contribution >= 4 is 0 Å². The lowest BCUT2D eigenvalue weighted by Gasteiger charge is -2.25. The number of hydrogen-bond acceptors (Lipinski definition) is 4. The van der Waals surface area contributed by atoms with Crippen LogP contribution in [0.3, 0.4) is 0 Å². The third kappa shape index (κ3) is 3.75. The number of aliphatic hydroxyl groups excluding tert-OH is 1. The second-order valence-corrected chi connectivity index (χ2v) is 6.19. The fourth-order valence-electron chi connectivity index (χ4n) is 3.36. The summed E-state index contributed by atoms with van der Waals surface area (Å²) in [6.07, 6.45) is -0.207. The highest BCUT2D eigenvalue weighted by Gasteiger charge is 2.33. The average molecular weight is 349 g/mol. The number of hydrogen-bond donors (Lipinski definition) is 1. The molecule has 2 atom stereocenters. The van der Waals surface area contributed by atoms with E-state index in [0.717, 1.165) is 17.7 Å². The molecule has 0 aromatic heterocycles. The summed E-state index contributed by atoms with van der Waals surface area (Å²) in [6, 6.07) is 8.61. The van der Waals surface area contributed by atoms with Crippen molar-refractivity contribution in [3.63, 3.8) is 0 Å². The molecule has 134 valence electrons. The van der Waals surface area contributed by atoms with Crippen molar-refractivity contribution in [2.75, 3.05) is 20.8 Å². The first-order valence-corrected chi connectivity index (χ1v) is 8.09. The summed E-state index contributed by atoms with van der Waals surface area (Å²) in [5, 5.41) is 10.0. The van der Waals surface area contributed by atoms with Crippen molar-refractivity contribution in [1.29, 1.82) is 0 Å². The number of β-amino-alcohol motifs (C(OH)–C–C–N with tert-alkyl or cyclic N) is 1. The van der Waals surface area contributed by atoms with Crippen LogP contribution in [0.4, 0.5) is 8.78 Å². The minimum Gasteiger partial charge on any atom is -0.493 e. The van der Waals surface area contributed by atoms with Crippen LogP contribution in [0.15, 0.2) is 36.4 Å². The van der Waals surface area contributed by atoms with Gasteiger partial charge in [-0.1, -0.05) is 6.07 Å². The third-order valence-corrected chi connectivity index (χ3v) is 4.53. The molecule has 1 aliphatic heterocycles. The number of halogens is 2. The Bertz CT molecular complexity index is 753. The molecule has 1 aliphatic rings. The minimum absolute atomic E-state index is 0.275. The molecule has 25 heavy (non-hydrogen) atoms. The maximum absolute atomic E-state index is 14.2. The van der Waals surface area contributed by atoms with Gasteiger partial charge in [0.05, 0.1) is 20.3 Å². The summed E-state index contributed by atoms with van der Waals surface area (Å²) >= 11 is 0. The molecule has 0 amide bonds. The molecular formula is C19H21F2NO3. The highest BCUT2D eigenvalue weighted by atomic mass is 19.1. The Kier molecular flexibility index (Phi) is 5.20. The average Bonchev–Trinajstić information content (AvgIpc) is 2.97. The highest BCUT2D eigenvalue weighted by Crippen LogP contribution is 2.36. The largest absolute Gasteiger partial charge is 0.493 e. The maximum atomic E-state index is 14.2. The molecule has 0 aliphatic carbocycles. The monoisotopic (exact) mass is 349 g/mol. The van der Waals surface area contributed by atoms with Gasteiger partial charge in [0.2, 0.25) is 0 Å². The Morgan fingerprint density at radius 3 is 2.56 bits per heavy atom. The van der Waals surface area contributed by atoms with Gasteiger partial charge in [0.1, 0.15) is 11.6 Å². The van der Waals surface area contributed by atoms with Crippen LogP contribution in [-0.2, 0) is 6.54 Å². The van der Waals surface area contributed by atoms with E-state index in [1.165, 1.54) is 6.07 Å². The van der Waals surface area contributed by atoms with Crippen LogP contribution in [0.2, 0.25) is 0 Å². The topological polar surface area (TPSA) is 41.9 Å². The molecule has 2 aromatic carbocycles. The van der Waals surface area contributed by atoms with Crippen LogP contribution in [0.25, 0.3) is 0 Å². The van der Waals surface area contributed by atoms with Crippen LogP contribution in [0, 0.1) is 11.6 Å². The Morgan fingerprint density at radius 1 is 1.08 bits per heavy atom. The van der Waals surface area contributed by atoms with Gasteiger partial charge in [0.15, 0.2) is 11.5 Å². The fraction of sp³-hybridized carbons (Fsp3) is 0.368. The van der Waals surface area contributed by atoms with Crippen LogP contribution in [0.1, 0.15) is 23.6 Å². The first kappa shape index (κ1) is 17.6. The van der Waals surface area contributed by atoms with E-state index in [1.807, 2.05) is 17.0 Å². The summed E-state index contributed by atoms with van der Waals surface area (Å²) in [5.74, 6) is 0.287. The van der Waals surface area contributed by atoms with E-state index in [1.54, 1.807) is 20.3 Å². The number of benzene rings is 2. The van der Waals surface area contributed by atoms with Gasteiger partial charge in [-0.25, -0.2) is 8.78 Å². The smallest absolute Gasteiger partial charge is 0.161 e. The molecule has 0 radical (unpaired) electrons. The molecule has 1 fully saturated rings. The van der Waals surface area contributed by atoms with Gasteiger partial charge in [-0.15, -0.1) is 0 Å². The van der Waals surface area contributed by atoms with Crippen molar-refractivity contribution in [2.24, 2.45) is 0 Å². The lowest BCUT2D eigenvalue weighted by atomic mass is 10.0. The Labute approximate surface area is 145 Å². The fourth-order valence-corrected chi connectivity index (χ4v) is 3.36. The van der Waals surface area contributed by atoms with E-state index >= 15 is 0 Å². The van der Waals surface area contributed by atoms with Gasteiger partial charge < -0.3 is 14.6 Å². The van der Waals surface area contributed by atoms with Crippen molar-refractivity contribution in [1.82, 2.24) is 4.90 Å². The second-order valence-electron chi connectivity index (χ2n) is 6.19. The molecule has 2 aromatic rings.